The highest BCUT2D eigenvalue weighted by atomic mass is 16.5. The number of amides is 1. The lowest BCUT2D eigenvalue weighted by Crippen LogP contribution is -2.47. The maximum Gasteiger partial charge on any atom is 0.225 e. The van der Waals surface area contributed by atoms with Gasteiger partial charge >= 0.3 is 0 Å². The van der Waals surface area contributed by atoms with Gasteiger partial charge in [-0.05, 0) is 31.7 Å². The van der Waals surface area contributed by atoms with Gasteiger partial charge in [0.05, 0.1) is 13.2 Å². The van der Waals surface area contributed by atoms with Crippen molar-refractivity contribution < 1.29 is 9.53 Å². The summed E-state index contributed by atoms with van der Waals surface area (Å²) in [5, 5.41) is 0. The first-order valence-electron chi connectivity index (χ1n) is 8.75. The van der Waals surface area contributed by atoms with E-state index in [0.29, 0.717) is 25.0 Å². The summed E-state index contributed by atoms with van der Waals surface area (Å²) in [6.45, 7) is 4.65. The van der Waals surface area contributed by atoms with Crippen molar-refractivity contribution >= 4 is 11.7 Å². The van der Waals surface area contributed by atoms with E-state index >= 15 is 0 Å². The van der Waals surface area contributed by atoms with Gasteiger partial charge in [-0.1, -0.05) is 0 Å². The van der Waals surface area contributed by atoms with Crippen LogP contribution < -0.4 is 4.90 Å². The van der Waals surface area contributed by atoms with Gasteiger partial charge in [-0.3, -0.25) is 4.79 Å². The molecule has 1 amide bonds. The van der Waals surface area contributed by atoms with Gasteiger partial charge in [0.15, 0.2) is 0 Å². The van der Waals surface area contributed by atoms with E-state index < -0.39 is 0 Å². The van der Waals surface area contributed by atoms with Gasteiger partial charge in [-0.2, -0.15) is 0 Å². The normalized spacial score (nSPS) is 23.1. The first kappa shape index (κ1) is 14.9. The summed E-state index contributed by atoms with van der Waals surface area (Å²) in [5.41, 5.74) is 0. The molecule has 0 spiro atoms. The molecule has 0 atom stereocenters. The van der Waals surface area contributed by atoms with Crippen LogP contribution in [0.3, 0.4) is 0 Å². The van der Waals surface area contributed by atoms with E-state index in [0.717, 1.165) is 50.7 Å². The highest BCUT2D eigenvalue weighted by molar-refractivity contribution is 5.79. The molecule has 0 bridgehead atoms. The minimum absolute atomic E-state index is 0.161. The van der Waals surface area contributed by atoms with Crippen LogP contribution in [0.5, 0.6) is 0 Å². The smallest absolute Gasteiger partial charge is 0.225 e. The maximum absolute atomic E-state index is 12.6. The van der Waals surface area contributed by atoms with Crippen molar-refractivity contribution in [1.29, 1.82) is 0 Å². The molecule has 1 aromatic rings. The predicted molar refractivity (Wildman–Crippen MR) is 86.3 cm³/mol. The third-order valence-corrected chi connectivity index (χ3v) is 5.09. The Hall–Kier alpha value is -1.69. The van der Waals surface area contributed by atoms with Crippen LogP contribution in [0.4, 0.5) is 5.82 Å². The Balaban J connectivity index is 1.35. The molecule has 2 saturated heterocycles. The molecule has 0 radical (unpaired) electrons. The fraction of sp³-hybridized carbons (Fsp3) is 0.706. The number of nitrogens with zero attached hydrogens (tertiary/aromatic N) is 4. The SMILES string of the molecule is O=C(C1CCN(c2ccnc(C3CC3)n2)CC1)N1CCOCC1. The van der Waals surface area contributed by atoms with Crippen LogP contribution in [-0.2, 0) is 9.53 Å². The highest BCUT2D eigenvalue weighted by Gasteiger charge is 2.31. The number of carbonyl (C=O) groups excluding carboxylic acids is 1. The van der Waals surface area contributed by atoms with Crippen molar-refractivity contribution in [3.63, 3.8) is 0 Å². The van der Waals surface area contributed by atoms with E-state index in [1.165, 1.54) is 12.8 Å². The summed E-state index contributed by atoms with van der Waals surface area (Å²) in [5.74, 6) is 3.08. The first-order chi connectivity index (χ1) is 11.3. The second-order valence-corrected chi connectivity index (χ2v) is 6.75. The molecular weight excluding hydrogens is 292 g/mol. The number of hydrogen-bond donors (Lipinski definition) is 0. The largest absolute Gasteiger partial charge is 0.378 e. The number of rotatable bonds is 3. The quantitative estimate of drug-likeness (QED) is 0.844. The van der Waals surface area contributed by atoms with E-state index in [2.05, 4.69) is 9.88 Å². The lowest BCUT2D eigenvalue weighted by Gasteiger charge is -2.36. The van der Waals surface area contributed by atoms with Crippen LogP contribution in [-0.4, -0.2) is 60.2 Å². The van der Waals surface area contributed by atoms with Crippen LogP contribution >= 0.6 is 0 Å². The molecule has 1 aromatic heterocycles. The minimum atomic E-state index is 0.161. The van der Waals surface area contributed by atoms with Gasteiger partial charge in [-0.15, -0.1) is 0 Å². The molecule has 4 rings (SSSR count). The molecule has 1 saturated carbocycles. The minimum Gasteiger partial charge on any atom is -0.378 e. The van der Waals surface area contributed by atoms with E-state index in [1.807, 2.05) is 17.2 Å². The highest BCUT2D eigenvalue weighted by Crippen LogP contribution is 2.38. The molecule has 0 unspecified atom stereocenters. The summed E-state index contributed by atoms with van der Waals surface area (Å²) >= 11 is 0. The van der Waals surface area contributed by atoms with Gasteiger partial charge in [0.25, 0.3) is 0 Å². The molecule has 6 nitrogen and oxygen atoms in total. The molecule has 3 heterocycles. The number of ether oxygens (including phenoxy) is 1. The van der Waals surface area contributed by atoms with Gasteiger partial charge in [0.2, 0.25) is 5.91 Å². The van der Waals surface area contributed by atoms with Crippen molar-refractivity contribution in [2.24, 2.45) is 5.92 Å². The van der Waals surface area contributed by atoms with Crippen molar-refractivity contribution in [3.05, 3.63) is 18.1 Å². The monoisotopic (exact) mass is 316 g/mol. The third-order valence-electron chi connectivity index (χ3n) is 5.09. The summed E-state index contributed by atoms with van der Waals surface area (Å²) in [4.78, 5) is 26.0. The maximum atomic E-state index is 12.6. The van der Waals surface area contributed by atoms with Crippen LogP contribution in [0.1, 0.15) is 37.4 Å². The Labute approximate surface area is 136 Å². The second-order valence-electron chi connectivity index (χ2n) is 6.75. The number of morpholine rings is 1. The molecule has 0 aromatic carbocycles. The van der Waals surface area contributed by atoms with E-state index in [4.69, 9.17) is 9.72 Å². The Kier molecular flexibility index (Phi) is 4.16. The van der Waals surface area contributed by atoms with Gasteiger partial charge in [-0.25, -0.2) is 9.97 Å². The van der Waals surface area contributed by atoms with E-state index in [1.54, 1.807) is 0 Å². The fourth-order valence-corrected chi connectivity index (χ4v) is 3.48. The van der Waals surface area contributed by atoms with Crippen molar-refractivity contribution in [1.82, 2.24) is 14.9 Å². The Bertz CT molecular complexity index is 561. The average molecular weight is 316 g/mol. The van der Waals surface area contributed by atoms with E-state index in [-0.39, 0.29) is 5.92 Å². The molecular formula is C17H24N4O2. The summed E-state index contributed by atoms with van der Waals surface area (Å²) in [6, 6.07) is 2.00. The van der Waals surface area contributed by atoms with Gasteiger partial charge in [0.1, 0.15) is 11.6 Å². The Morgan fingerprint density at radius 1 is 1.09 bits per heavy atom. The number of aromatic nitrogens is 2. The molecule has 6 heteroatoms. The number of hydrogen-bond acceptors (Lipinski definition) is 5. The molecule has 124 valence electrons. The molecule has 3 aliphatic rings. The van der Waals surface area contributed by atoms with Gasteiger partial charge in [0, 0.05) is 44.2 Å². The summed E-state index contributed by atoms with van der Waals surface area (Å²) in [7, 11) is 0. The summed E-state index contributed by atoms with van der Waals surface area (Å²) < 4.78 is 5.33. The Morgan fingerprint density at radius 3 is 2.52 bits per heavy atom. The second kappa shape index (κ2) is 6.43. The van der Waals surface area contributed by atoms with Crippen molar-refractivity contribution in [3.8, 4) is 0 Å². The molecule has 0 N–H and O–H groups in total. The predicted octanol–water partition coefficient (Wildman–Crippen LogP) is 1.43. The molecule has 3 fully saturated rings. The van der Waals surface area contributed by atoms with Crippen LogP contribution in [0.25, 0.3) is 0 Å². The summed E-state index contributed by atoms with van der Waals surface area (Å²) in [6.07, 6.45) is 6.15. The first-order valence-corrected chi connectivity index (χ1v) is 8.75. The van der Waals surface area contributed by atoms with Crippen LogP contribution in [0.15, 0.2) is 12.3 Å². The molecule has 1 aliphatic carbocycles. The Morgan fingerprint density at radius 2 is 1.83 bits per heavy atom. The number of anilines is 1. The zero-order valence-corrected chi connectivity index (χ0v) is 13.5. The van der Waals surface area contributed by atoms with Crippen molar-refractivity contribution in [2.75, 3.05) is 44.3 Å². The number of carbonyl (C=O) groups is 1. The lowest BCUT2D eigenvalue weighted by molar-refractivity contribution is -0.140. The van der Waals surface area contributed by atoms with Crippen LogP contribution in [0, 0.1) is 5.92 Å². The zero-order valence-electron chi connectivity index (χ0n) is 13.5. The molecule has 23 heavy (non-hydrogen) atoms. The standard InChI is InChI=1S/C17H24N4O2/c22-17(21-9-11-23-12-10-21)14-4-7-20(8-5-14)15-3-6-18-16(19-15)13-1-2-13/h3,6,13-14H,1-2,4-5,7-12H2. The lowest BCUT2D eigenvalue weighted by atomic mass is 9.95. The van der Waals surface area contributed by atoms with Crippen molar-refractivity contribution in [2.45, 2.75) is 31.6 Å². The van der Waals surface area contributed by atoms with Crippen LogP contribution in [0.2, 0.25) is 0 Å². The zero-order chi connectivity index (χ0) is 15.6. The topological polar surface area (TPSA) is 58.6 Å². The number of piperidine rings is 1. The van der Waals surface area contributed by atoms with E-state index in [9.17, 15) is 4.79 Å². The third kappa shape index (κ3) is 3.32. The van der Waals surface area contributed by atoms with Gasteiger partial charge < -0.3 is 14.5 Å². The molecule has 2 aliphatic heterocycles. The fourth-order valence-electron chi connectivity index (χ4n) is 3.48. The average Bonchev–Trinajstić information content (AvgIpc) is 3.47.